The molecule has 0 aliphatic rings. The molecule has 0 amide bonds. The Bertz CT molecular complexity index is 903. The maximum atomic E-state index is 14.1. The molecule has 0 radical (unpaired) electrons. The fraction of sp³-hybridized carbons (Fsp3) is 0.0769. The lowest BCUT2D eigenvalue weighted by molar-refractivity contribution is 0.596. The van der Waals surface area contributed by atoms with Crippen molar-refractivity contribution in [1.29, 1.82) is 0 Å². The fourth-order valence-electron chi connectivity index (χ4n) is 1.96. The van der Waals surface area contributed by atoms with E-state index in [1.54, 1.807) is 18.5 Å². The van der Waals surface area contributed by atoms with E-state index in [4.69, 9.17) is 0 Å². The predicted molar refractivity (Wildman–Crippen MR) is 71.5 cm³/mol. The summed E-state index contributed by atoms with van der Waals surface area (Å²) in [5.74, 6) is -0.617. The van der Waals surface area contributed by atoms with Gasteiger partial charge in [-0.1, -0.05) is 0 Å². The summed E-state index contributed by atoms with van der Waals surface area (Å²) in [7, 11) is -3.43. The predicted octanol–water partition coefficient (Wildman–Crippen LogP) is 1.94. The summed E-state index contributed by atoms with van der Waals surface area (Å²) in [5.41, 5.74) is 1.30. The molecule has 2 aromatic heterocycles. The highest BCUT2D eigenvalue weighted by Crippen LogP contribution is 2.27. The minimum atomic E-state index is -3.43. The molecular formula is C13H10FN3O2S. The van der Waals surface area contributed by atoms with E-state index >= 15 is 0 Å². The third kappa shape index (κ3) is 2.05. The van der Waals surface area contributed by atoms with Crippen LogP contribution in [-0.2, 0) is 9.84 Å². The largest absolute Gasteiger partial charge is 0.236 e. The van der Waals surface area contributed by atoms with Crippen molar-refractivity contribution in [2.45, 2.75) is 4.90 Å². The molecule has 0 saturated carbocycles. The van der Waals surface area contributed by atoms with Crippen LogP contribution in [0.1, 0.15) is 0 Å². The molecule has 0 atom stereocenters. The Morgan fingerprint density at radius 3 is 2.75 bits per heavy atom. The first-order valence-corrected chi connectivity index (χ1v) is 7.64. The fourth-order valence-corrected chi connectivity index (χ4v) is 2.59. The van der Waals surface area contributed by atoms with Gasteiger partial charge in [0.05, 0.1) is 11.1 Å². The minimum Gasteiger partial charge on any atom is -0.236 e. The number of halogens is 1. The van der Waals surface area contributed by atoms with Gasteiger partial charge < -0.3 is 0 Å². The molecule has 102 valence electrons. The summed E-state index contributed by atoms with van der Waals surface area (Å²) in [4.78, 5) is 4.09. The topological polar surface area (TPSA) is 64.3 Å². The Kier molecular flexibility index (Phi) is 2.79. The Morgan fingerprint density at radius 2 is 2.05 bits per heavy atom. The molecule has 3 aromatic rings. The lowest BCUT2D eigenvalue weighted by Crippen LogP contribution is -1.98. The van der Waals surface area contributed by atoms with Gasteiger partial charge in [-0.05, 0) is 24.3 Å². The van der Waals surface area contributed by atoms with E-state index in [1.165, 1.54) is 22.8 Å². The number of hydrogen-bond donors (Lipinski definition) is 0. The molecule has 3 rings (SSSR count). The standard InChI is InChI=1S/C13H10FN3O2S/c1-20(18,19)9-3-4-10(12(14)7-9)11-8-16-17-6-2-5-15-13(11)17/h2-8H,1H3. The zero-order valence-corrected chi connectivity index (χ0v) is 11.3. The number of hydrogen-bond acceptors (Lipinski definition) is 4. The van der Waals surface area contributed by atoms with Gasteiger partial charge in [0.25, 0.3) is 0 Å². The number of nitrogens with zero attached hydrogens (tertiary/aromatic N) is 3. The Morgan fingerprint density at radius 1 is 1.25 bits per heavy atom. The van der Waals surface area contributed by atoms with Crippen LogP contribution in [0, 0.1) is 5.82 Å². The molecule has 0 fully saturated rings. The van der Waals surface area contributed by atoms with Gasteiger partial charge >= 0.3 is 0 Å². The molecule has 7 heteroatoms. The summed E-state index contributed by atoms with van der Waals surface area (Å²) in [6.45, 7) is 0. The summed E-state index contributed by atoms with van der Waals surface area (Å²) in [6.07, 6.45) is 5.83. The summed E-state index contributed by atoms with van der Waals surface area (Å²) in [5, 5.41) is 4.08. The second-order valence-electron chi connectivity index (χ2n) is 4.36. The van der Waals surface area contributed by atoms with Gasteiger partial charge in [0, 0.05) is 29.8 Å². The average molecular weight is 291 g/mol. The SMILES string of the molecule is CS(=O)(=O)c1ccc(-c2cnn3cccnc23)c(F)c1. The normalized spacial score (nSPS) is 11.9. The molecule has 0 aliphatic heterocycles. The van der Waals surface area contributed by atoms with Crippen LogP contribution in [0.25, 0.3) is 16.8 Å². The van der Waals surface area contributed by atoms with Crippen LogP contribution in [-0.4, -0.2) is 29.3 Å². The third-order valence-corrected chi connectivity index (χ3v) is 4.05. The van der Waals surface area contributed by atoms with Crippen molar-refractivity contribution in [2.24, 2.45) is 0 Å². The van der Waals surface area contributed by atoms with Gasteiger partial charge in [-0.3, -0.25) is 0 Å². The number of sulfone groups is 1. The Balaban J connectivity index is 2.21. The smallest absolute Gasteiger partial charge is 0.175 e. The van der Waals surface area contributed by atoms with Gasteiger partial charge in [0.2, 0.25) is 0 Å². The molecular weight excluding hydrogens is 281 g/mol. The quantitative estimate of drug-likeness (QED) is 0.724. The molecule has 0 saturated heterocycles. The van der Waals surface area contributed by atoms with Crippen LogP contribution in [0.3, 0.4) is 0 Å². The van der Waals surface area contributed by atoms with Crippen molar-refractivity contribution in [3.8, 4) is 11.1 Å². The molecule has 20 heavy (non-hydrogen) atoms. The van der Waals surface area contributed by atoms with E-state index in [0.29, 0.717) is 11.2 Å². The lowest BCUT2D eigenvalue weighted by atomic mass is 10.1. The van der Waals surface area contributed by atoms with Crippen molar-refractivity contribution in [1.82, 2.24) is 14.6 Å². The highest BCUT2D eigenvalue weighted by atomic mass is 32.2. The van der Waals surface area contributed by atoms with Crippen LogP contribution in [0.5, 0.6) is 0 Å². The monoisotopic (exact) mass is 291 g/mol. The zero-order valence-electron chi connectivity index (χ0n) is 10.5. The van der Waals surface area contributed by atoms with Crippen molar-refractivity contribution >= 4 is 15.5 Å². The first-order valence-electron chi connectivity index (χ1n) is 5.75. The van der Waals surface area contributed by atoms with Crippen molar-refractivity contribution in [2.75, 3.05) is 6.26 Å². The van der Waals surface area contributed by atoms with Gasteiger partial charge in [-0.15, -0.1) is 0 Å². The molecule has 2 heterocycles. The number of benzene rings is 1. The molecule has 0 bridgehead atoms. The van der Waals surface area contributed by atoms with Gasteiger partial charge in [-0.25, -0.2) is 22.3 Å². The molecule has 1 aromatic carbocycles. The first kappa shape index (κ1) is 12.7. The van der Waals surface area contributed by atoms with E-state index < -0.39 is 15.7 Å². The van der Waals surface area contributed by atoms with Gasteiger partial charge in [0.15, 0.2) is 15.5 Å². The zero-order chi connectivity index (χ0) is 14.3. The van der Waals surface area contributed by atoms with Crippen molar-refractivity contribution < 1.29 is 12.8 Å². The maximum absolute atomic E-state index is 14.1. The molecule has 0 N–H and O–H groups in total. The van der Waals surface area contributed by atoms with Gasteiger partial charge in [0.1, 0.15) is 5.82 Å². The average Bonchev–Trinajstić information content (AvgIpc) is 2.81. The summed E-state index contributed by atoms with van der Waals surface area (Å²) >= 11 is 0. The summed E-state index contributed by atoms with van der Waals surface area (Å²) < 4.78 is 38.5. The van der Waals surface area contributed by atoms with Crippen molar-refractivity contribution in [3.05, 3.63) is 48.7 Å². The summed E-state index contributed by atoms with van der Waals surface area (Å²) in [6, 6.07) is 5.53. The van der Waals surface area contributed by atoms with Crippen LogP contribution in [0.15, 0.2) is 47.8 Å². The van der Waals surface area contributed by atoms with Crippen LogP contribution in [0.4, 0.5) is 4.39 Å². The number of fused-ring (bicyclic) bond motifs is 1. The molecule has 0 aliphatic carbocycles. The Labute approximate surface area is 114 Å². The van der Waals surface area contributed by atoms with E-state index in [-0.39, 0.29) is 10.5 Å². The van der Waals surface area contributed by atoms with Crippen molar-refractivity contribution in [3.63, 3.8) is 0 Å². The van der Waals surface area contributed by atoms with E-state index in [0.717, 1.165) is 12.3 Å². The number of aromatic nitrogens is 3. The second kappa shape index (κ2) is 4.38. The van der Waals surface area contributed by atoms with Gasteiger partial charge in [-0.2, -0.15) is 5.10 Å². The molecule has 5 nitrogen and oxygen atoms in total. The van der Waals surface area contributed by atoms with Crippen LogP contribution >= 0.6 is 0 Å². The van der Waals surface area contributed by atoms with Crippen LogP contribution in [0.2, 0.25) is 0 Å². The van der Waals surface area contributed by atoms with E-state index in [2.05, 4.69) is 10.1 Å². The highest BCUT2D eigenvalue weighted by molar-refractivity contribution is 7.90. The third-order valence-electron chi connectivity index (χ3n) is 2.94. The second-order valence-corrected chi connectivity index (χ2v) is 6.38. The van der Waals surface area contributed by atoms with Crippen LogP contribution < -0.4 is 0 Å². The molecule has 0 spiro atoms. The maximum Gasteiger partial charge on any atom is 0.175 e. The van der Waals surface area contributed by atoms with E-state index in [9.17, 15) is 12.8 Å². The van der Waals surface area contributed by atoms with E-state index in [1.807, 2.05) is 0 Å². The highest BCUT2D eigenvalue weighted by Gasteiger charge is 2.15. The minimum absolute atomic E-state index is 0.0526. The number of rotatable bonds is 2. The first-order chi connectivity index (χ1) is 9.47. The molecule has 0 unspecified atom stereocenters. The lowest BCUT2D eigenvalue weighted by Gasteiger charge is -2.03. The Hall–Kier alpha value is -2.28.